The largest absolute Gasteiger partial charge is 0.341 e. The maximum Gasteiger partial charge on any atom is 0.238 e. The number of aromatic amines is 1. The summed E-state index contributed by atoms with van der Waals surface area (Å²) in [6, 6.07) is 1.77. The molecule has 0 aliphatic heterocycles. The molecule has 0 radical (unpaired) electrons. The molecule has 0 saturated heterocycles. The van der Waals surface area contributed by atoms with Crippen molar-refractivity contribution in [3.8, 4) is 0 Å². The minimum absolute atomic E-state index is 0.356. The highest BCUT2D eigenvalue weighted by Gasteiger charge is 2.08. The zero-order valence-corrected chi connectivity index (χ0v) is 9.85. The van der Waals surface area contributed by atoms with Crippen molar-refractivity contribution >= 4 is 28.9 Å². The van der Waals surface area contributed by atoms with Gasteiger partial charge >= 0.3 is 0 Å². The van der Waals surface area contributed by atoms with Crippen LogP contribution in [0.15, 0.2) is 35.0 Å². The van der Waals surface area contributed by atoms with Crippen molar-refractivity contribution in [2.45, 2.75) is 10.1 Å². The third-order valence-corrected chi connectivity index (χ3v) is 3.09. The standard InChI is InChI=1S/C9H8N8S/c10-17-9-11-2-1-5(16-9)18-8-6-7(13-3-12-6)14-4-15-8/h1-4H,10H2,(H,11,16,17)(H,12,13,14,15). The van der Waals surface area contributed by atoms with Crippen LogP contribution in [0.5, 0.6) is 0 Å². The van der Waals surface area contributed by atoms with Gasteiger partial charge in [-0.25, -0.2) is 30.8 Å². The second-order valence-corrected chi connectivity index (χ2v) is 4.25. The summed E-state index contributed by atoms with van der Waals surface area (Å²) in [5.41, 5.74) is 3.80. The number of nitrogen functional groups attached to an aromatic ring is 1. The van der Waals surface area contributed by atoms with Gasteiger partial charge in [-0.15, -0.1) is 0 Å². The van der Waals surface area contributed by atoms with E-state index in [1.165, 1.54) is 18.1 Å². The SMILES string of the molecule is NNc1nccc(Sc2ncnc3nc[nH]c23)n1. The number of hydrogen-bond donors (Lipinski definition) is 3. The van der Waals surface area contributed by atoms with Gasteiger partial charge in [0.05, 0.1) is 6.33 Å². The van der Waals surface area contributed by atoms with Crippen molar-refractivity contribution in [3.63, 3.8) is 0 Å². The summed E-state index contributed by atoms with van der Waals surface area (Å²) in [5.74, 6) is 5.62. The first-order chi connectivity index (χ1) is 8.86. The molecule has 0 spiro atoms. The van der Waals surface area contributed by atoms with Crippen LogP contribution in [0.1, 0.15) is 0 Å². The van der Waals surface area contributed by atoms with E-state index in [9.17, 15) is 0 Å². The van der Waals surface area contributed by atoms with Crippen LogP contribution in [-0.4, -0.2) is 29.9 Å². The molecule has 90 valence electrons. The van der Waals surface area contributed by atoms with Gasteiger partial charge in [-0.3, -0.25) is 5.43 Å². The average molecular weight is 260 g/mol. The molecule has 0 aromatic carbocycles. The summed E-state index contributed by atoms with van der Waals surface area (Å²) >= 11 is 1.38. The predicted octanol–water partition coefficient (Wildman–Crippen LogP) is 0.580. The lowest BCUT2D eigenvalue weighted by atomic mass is 10.6. The molecular formula is C9H8N8S. The van der Waals surface area contributed by atoms with Gasteiger partial charge in [-0.05, 0) is 17.8 Å². The van der Waals surface area contributed by atoms with Gasteiger partial charge < -0.3 is 4.98 Å². The molecule has 0 fully saturated rings. The molecule has 0 amide bonds. The van der Waals surface area contributed by atoms with E-state index in [4.69, 9.17) is 5.84 Å². The van der Waals surface area contributed by atoms with Crippen LogP contribution in [0.4, 0.5) is 5.95 Å². The van der Waals surface area contributed by atoms with E-state index in [0.29, 0.717) is 11.6 Å². The molecule has 0 unspecified atom stereocenters. The maximum absolute atomic E-state index is 5.26. The van der Waals surface area contributed by atoms with Crippen molar-refractivity contribution in [3.05, 3.63) is 24.9 Å². The van der Waals surface area contributed by atoms with Crippen molar-refractivity contribution in [2.24, 2.45) is 5.84 Å². The smallest absolute Gasteiger partial charge is 0.238 e. The number of nitrogens with zero attached hydrogens (tertiary/aromatic N) is 5. The number of nitrogens with two attached hydrogens (primary N) is 1. The Bertz CT molecular complexity index is 681. The van der Waals surface area contributed by atoms with E-state index in [-0.39, 0.29) is 0 Å². The number of hydrogen-bond acceptors (Lipinski definition) is 8. The van der Waals surface area contributed by atoms with Gasteiger partial charge in [0.25, 0.3) is 0 Å². The van der Waals surface area contributed by atoms with E-state index >= 15 is 0 Å². The van der Waals surface area contributed by atoms with Crippen LogP contribution in [0.25, 0.3) is 11.2 Å². The fourth-order valence-corrected chi connectivity index (χ4v) is 2.20. The molecule has 18 heavy (non-hydrogen) atoms. The molecule has 0 aliphatic rings. The molecule has 9 heteroatoms. The second-order valence-electron chi connectivity index (χ2n) is 3.24. The maximum atomic E-state index is 5.26. The van der Waals surface area contributed by atoms with Gasteiger partial charge in [0, 0.05) is 6.20 Å². The first-order valence-electron chi connectivity index (χ1n) is 4.98. The highest BCUT2D eigenvalue weighted by atomic mass is 32.2. The van der Waals surface area contributed by atoms with Crippen molar-refractivity contribution in [2.75, 3.05) is 5.43 Å². The van der Waals surface area contributed by atoms with Crippen LogP contribution in [0.2, 0.25) is 0 Å². The summed E-state index contributed by atoms with van der Waals surface area (Å²) in [6.45, 7) is 0. The summed E-state index contributed by atoms with van der Waals surface area (Å²) in [7, 11) is 0. The first-order valence-corrected chi connectivity index (χ1v) is 5.80. The van der Waals surface area contributed by atoms with Gasteiger partial charge in [0.2, 0.25) is 5.95 Å². The molecule has 0 saturated carbocycles. The summed E-state index contributed by atoms with van der Waals surface area (Å²) in [6.07, 6.45) is 4.67. The van der Waals surface area contributed by atoms with E-state index in [0.717, 1.165) is 15.6 Å². The predicted molar refractivity (Wildman–Crippen MR) is 65.6 cm³/mol. The number of hydrazine groups is 1. The Labute approximate surface area is 105 Å². The average Bonchev–Trinajstić information content (AvgIpc) is 2.88. The van der Waals surface area contributed by atoms with Crippen LogP contribution in [0, 0.1) is 0 Å². The number of rotatable bonds is 3. The minimum Gasteiger partial charge on any atom is -0.341 e. The Morgan fingerprint density at radius 2 is 2.17 bits per heavy atom. The minimum atomic E-state index is 0.356. The van der Waals surface area contributed by atoms with Crippen LogP contribution >= 0.6 is 11.8 Å². The molecule has 4 N–H and O–H groups in total. The lowest BCUT2D eigenvalue weighted by Gasteiger charge is -2.02. The Kier molecular flexibility index (Phi) is 2.74. The van der Waals surface area contributed by atoms with E-state index in [1.54, 1.807) is 18.6 Å². The highest BCUT2D eigenvalue weighted by Crippen LogP contribution is 2.28. The Morgan fingerprint density at radius 1 is 1.22 bits per heavy atom. The molecular weight excluding hydrogens is 252 g/mol. The Hall–Kier alpha value is -2.26. The van der Waals surface area contributed by atoms with E-state index < -0.39 is 0 Å². The number of H-pyrrole nitrogens is 1. The Morgan fingerprint density at radius 3 is 3.06 bits per heavy atom. The van der Waals surface area contributed by atoms with Crippen molar-refractivity contribution in [1.29, 1.82) is 0 Å². The van der Waals surface area contributed by atoms with Gasteiger partial charge in [0.1, 0.15) is 21.9 Å². The molecule has 3 aromatic heterocycles. The molecule has 3 rings (SSSR count). The second kappa shape index (κ2) is 4.55. The molecule has 0 bridgehead atoms. The summed E-state index contributed by atoms with van der Waals surface area (Å²) in [5, 5.41) is 1.48. The summed E-state index contributed by atoms with van der Waals surface area (Å²) < 4.78 is 0. The van der Waals surface area contributed by atoms with Gasteiger partial charge in [0.15, 0.2) is 5.65 Å². The lowest BCUT2D eigenvalue weighted by Crippen LogP contribution is -2.10. The zero-order chi connectivity index (χ0) is 12.4. The number of imidazole rings is 1. The topological polar surface area (TPSA) is 118 Å². The van der Waals surface area contributed by atoms with Crippen LogP contribution in [-0.2, 0) is 0 Å². The fraction of sp³-hybridized carbons (Fsp3) is 0. The fourth-order valence-electron chi connectivity index (χ4n) is 1.39. The van der Waals surface area contributed by atoms with Gasteiger partial charge in [-0.2, -0.15) is 0 Å². The van der Waals surface area contributed by atoms with E-state index in [1.807, 2.05) is 0 Å². The quantitative estimate of drug-likeness (QED) is 0.355. The number of fused-ring (bicyclic) bond motifs is 1. The van der Waals surface area contributed by atoms with E-state index in [2.05, 4.69) is 35.3 Å². The summed E-state index contributed by atoms with van der Waals surface area (Å²) in [4.78, 5) is 23.4. The lowest BCUT2D eigenvalue weighted by molar-refractivity contribution is 1.02. The molecule has 3 heterocycles. The normalized spacial score (nSPS) is 10.7. The molecule has 3 aromatic rings. The van der Waals surface area contributed by atoms with Gasteiger partial charge in [-0.1, -0.05) is 0 Å². The monoisotopic (exact) mass is 260 g/mol. The Balaban J connectivity index is 1.98. The number of anilines is 1. The van der Waals surface area contributed by atoms with Crippen molar-refractivity contribution < 1.29 is 0 Å². The highest BCUT2D eigenvalue weighted by molar-refractivity contribution is 7.99. The molecule has 8 nitrogen and oxygen atoms in total. The third kappa shape index (κ3) is 1.96. The molecule has 0 atom stereocenters. The van der Waals surface area contributed by atoms with Crippen LogP contribution < -0.4 is 11.3 Å². The van der Waals surface area contributed by atoms with Crippen LogP contribution in [0.3, 0.4) is 0 Å². The number of nitrogens with one attached hydrogen (secondary N) is 2. The molecule has 0 aliphatic carbocycles. The number of aromatic nitrogens is 6. The zero-order valence-electron chi connectivity index (χ0n) is 9.03. The van der Waals surface area contributed by atoms with Crippen molar-refractivity contribution in [1.82, 2.24) is 29.9 Å². The first kappa shape index (κ1) is 10.9. The third-order valence-electron chi connectivity index (χ3n) is 2.15.